The Morgan fingerprint density at radius 2 is 1.70 bits per heavy atom. The van der Waals surface area contributed by atoms with Gasteiger partial charge in [0.2, 0.25) is 0 Å². The summed E-state index contributed by atoms with van der Waals surface area (Å²) in [6.07, 6.45) is 0. The van der Waals surface area contributed by atoms with E-state index < -0.39 is 13.6 Å². The molecule has 0 rings (SSSR count). The van der Waals surface area contributed by atoms with E-state index in [2.05, 4.69) is 60.3 Å². The lowest BCUT2D eigenvalue weighted by Gasteiger charge is -2.24. The molecule has 0 aliphatic carbocycles. The van der Waals surface area contributed by atoms with Gasteiger partial charge in [0.05, 0.1) is 8.07 Å². The molecule has 0 amide bonds. The number of halogens is 1. The van der Waals surface area contributed by atoms with E-state index in [-0.39, 0.29) is 0 Å². The summed E-state index contributed by atoms with van der Waals surface area (Å²) in [5, 5.41) is 0. The molecule has 60 valence electrons. The zero-order valence-corrected chi connectivity index (χ0v) is 11.5. The van der Waals surface area contributed by atoms with Crippen LogP contribution in [0, 0.1) is 0 Å². The summed E-state index contributed by atoms with van der Waals surface area (Å²) < 4.78 is 0. The Labute approximate surface area is 79.3 Å². The van der Waals surface area contributed by atoms with Gasteiger partial charge in [-0.05, 0) is 5.67 Å². The fourth-order valence-electron chi connectivity index (χ4n) is 1.16. The van der Waals surface area contributed by atoms with Crippen molar-refractivity contribution < 1.29 is 0 Å². The largest absolute Gasteiger partial charge is 0.120 e. The van der Waals surface area contributed by atoms with Gasteiger partial charge in [-0.1, -0.05) is 26.2 Å². The first kappa shape index (κ1) is 10.9. The molecule has 0 saturated heterocycles. The summed E-state index contributed by atoms with van der Waals surface area (Å²) in [5.41, 5.74) is 2.82. The highest BCUT2D eigenvalue weighted by molar-refractivity contribution is 14.1. The van der Waals surface area contributed by atoms with Crippen molar-refractivity contribution in [3.8, 4) is 0 Å². The summed E-state index contributed by atoms with van der Waals surface area (Å²) in [5.74, 6) is 0. The lowest BCUT2D eigenvalue weighted by molar-refractivity contribution is 1.63. The van der Waals surface area contributed by atoms with Crippen LogP contribution in [0.3, 0.4) is 0 Å². The second-order valence-corrected chi connectivity index (χ2v) is 22.1. The molecule has 0 aromatic carbocycles. The van der Waals surface area contributed by atoms with Crippen molar-refractivity contribution in [2.45, 2.75) is 31.9 Å². The Bertz CT molecular complexity index is 124. The lowest BCUT2D eigenvalue weighted by atomic mass is 11.3. The van der Waals surface area contributed by atoms with Crippen LogP contribution in [0.4, 0.5) is 0 Å². The maximum Gasteiger partial charge on any atom is 0.117 e. The third kappa shape index (κ3) is 5.67. The third-order valence-electron chi connectivity index (χ3n) is 1.43. The maximum absolute atomic E-state index is 3.90. The van der Waals surface area contributed by atoms with Gasteiger partial charge >= 0.3 is 0 Å². The second-order valence-electron chi connectivity index (χ2n) is 4.09. The van der Waals surface area contributed by atoms with Gasteiger partial charge in [0.1, 0.15) is 5.57 Å². The van der Waals surface area contributed by atoms with E-state index in [1.54, 1.807) is 0 Å². The average molecular weight is 284 g/mol. The first-order chi connectivity index (χ1) is 4.27. The Morgan fingerprint density at radius 1 is 1.30 bits per heavy atom. The van der Waals surface area contributed by atoms with E-state index >= 15 is 0 Å². The molecule has 0 radical (unpaired) electrons. The minimum Gasteiger partial charge on any atom is -0.120 e. The van der Waals surface area contributed by atoms with E-state index in [4.69, 9.17) is 0 Å². The van der Waals surface area contributed by atoms with E-state index in [1.165, 1.54) is 5.67 Å². The quantitative estimate of drug-likeness (QED) is 0.422. The highest BCUT2D eigenvalue weighted by atomic mass is 127. The molecule has 0 fully saturated rings. The van der Waals surface area contributed by atoms with E-state index in [1.807, 2.05) is 0 Å². The fourth-order valence-corrected chi connectivity index (χ4v) is 19.2. The molecule has 0 N–H and O–H groups in total. The molecule has 0 bridgehead atoms. The van der Waals surface area contributed by atoms with Gasteiger partial charge in [0.25, 0.3) is 0 Å². The van der Waals surface area contributed by atoms with Crippen molar-refractivity contribution in [1.82, 2.24) is 0 Å². The van der Waals surface area contributed by atoms with Crippen molar-refractivity contribution >= 4 is 35.4 Å². The van der Waals surface area contributed by atoms with Crippen LogP contribution in [-0.2, 0) is 0 Å². The Balaban J connectivity index is 4.01. The normalized spacial score (nSPS) is 13.3. The molecule has 0 aliphatic heterocycles. The zero-order chi connectivity index (χ0) is 8.41. The van der Waals surface area contributed by atoms with Gasteiger partial charge < -0.3 is 0 Å². The summed E-state index contributed by atoms with van der Waals surface area (Å²) >= 11 is 2.65. The first-order valence-corrected chi connectivity index (χ1v) is 13.2. The molecule has 0 spiro atoms. The second kappa shape index (κ2) is 3.53. The number of hydrogen-bond acceptors (Lipinski definition) is 0. The minimum absolute atomic E-state index is 0.853. The fraction of sp³-hybridized carbons (Fsp3) is 0.714. The molecule has 10 heavy (non-hydrogen) atoms. The van der Waals surface area contributed by atoms with Gasteiger partial charge in [0, 0.05) is 0 Å². The molecule has 0 aliphatic rings. The van der Waals surface area contributed by atoms with Crippen LogP contribution in [0.2, 0.25) is 31.9 Å². The number of rotatable bonds is 3. The van der Waals surface area contributed by atoms with E-state index in [9.17, 15) is 0 Å². The summed E-state index contributed by atoms with van der Waals surface area (Å²) in [7, 11) is -0.995. The van der Waals surface area contributed by atoms with Crippen molar-refractivity contribution in [3.63, 3.8) is 0 Å². The van der Waals surface area contributed by atoms with Crippen LogP contribution in [0.5, 0.6) is 0 Å². The molecule has 0 unspecified atom stereocenters. The van der Waals surface area contributed by atoms with Crippen LogP contribution in [0.15, 0.2) is 12.3 Å². The number of hydrogen-bond donors (Lipinski definition) is 0. The Kier molecular flexibility index (Phi) is 3.85. The Hall–Kier alpha value is 0.904. The highest BCUT2D eigenvalue weighted by Crippen LogP contribution is 2.25. The van der Waals surface area contributed by atoms with Crippen molar-refractivity contribution in [2.24, 2.45) is 0 Å². The van der Waals surface area contributed by atoms with Gasteiger partial charge in [-0.2, -0.15) is 0 Å². The van der Waals surface area contributed by atoms with Gasteiger partial charge in [0.15, 0.2) is 0 Å². The van der Waals surface area contributed by atoms with Crippen LogP contribution in [0.25, 0.3) is 0 Å². The van der Waals surface area contributed by atoms with Gasteiger partial charge in [-0.3, -0.25) is 0 Å². The van der Waals surface area contributed by atoms with Crippen LogP contribution in [0.1, 0.15) is 0 Å². The van der Waals surface area contributed by atoms with Crippen molar-refractivity contribution in [3.05, 3.63) is 12.3 Å². The minimum atomic E-state index is -0.995. The predicted molar refractivity (Wildman–Crippen MR) is 64.0 cm³/mol. The standard InChI is InChI=1S/C7H17ISi2/c1-6-9(2,3)7-10(4,5)8/h6H,1,7H2,2-5H3. The van der Waals surface area contributed by atoms with E-state index in [0.717, 1.165) is 0 Å². The van der Waals surface area contributed by atoms with Gasteiger partial charge in [-0.25, -0.2) is 0 Å². The molecular weight excluding hydrogens is 267 g/mol. The lowest BCUT2D eigenvalue weighted by Crippen LogP contribution is -2.33. The molecule has 0 atom stereocenters. The van der Waals surface area contributed by atoms with Crippen molar-refractivity contribution in [1.29, 1.82) is 0 Å². The molecule has 0 nitrogen and oxygen atoms in total. The molecular formula is C7H17ISi2. The van der Waals surface area contributed by atoms with E-state index in [0.29, 0.717) is 0 Å². The molecule has 0 aromatic rings. The maximum atomic E-state index is 3.90. The van der Waals surface area contributed by atoms with Crippen LogP contribution in [-0.4, -0.2) is 13.6 Å². The Morgan fingerprint density at radius 3 is 1.80 bits per heavy atom. The van der Waals surface area contributed by atoms with Gasteiger partial charge in [-0.15, -0.1) is 34.1 Å². The van der Waals surface area contributed by atoms with Crippen LogP contribution >= 0.6 is 21.8 Å². The smallest absolute Gasteiger partial charge is 0.117 e. The topological polar surface area (TPSA) is 0 Å². The van der Waals surface area contributed by atoms with Crippen molar-refractivity contribution in [2.75, 3.05) is 0 Å². The SMILES string of the molecule is C=C[Si](C)(C)C[Si](C)(C)I. The highest BCUT2D eigenvalue weighted by Gasteiger charge is 2.27. The summed E-state index contributed by atoms with van der Waals surface area (Å²) in [6.45, 7) is 13.5. The molecule has 0 aromatic heterocycles. The average Bonchev–Trinajstić information content (AvgIpc) is 1.60. The first-order valence-electron chi connectivity index (χ1n) is 3.59. The molecule has 3 heteroatoms. The predicted octanol–water partition coefficient (Wildman–Crippen LogP) is 3.60. The zero-order valence-electron chi connectivity index (χ0n) is 7.37. The molecule has 0 saturated carbocycles. The summed E-state index contributed by atoms with van der Waals surface area (Å²) in [4.78, 5) is 0. The van der Waals surface area contributed by atoms with Crippen LogP contribution < -0.4 is 0 Å². The monoisotopic (exact) mass is 284 g/mol. The third-order valence-corrected chi connectivity index (χ3v) is 13.0. The summed E-state index contributed by atoms with van der Waals surface area (Å²) in [6, 6.07) is 0. The molecule has 0 heterocycles.